The van der Waals surface area contributed by atoms with E-state index in [0.29, 0.717) is 6.54 Å². The Bertz CT molecular complexity index is 219. The highest BCUT2D eigenvalue weighted by molar-refractivity contribution is 5.68. The van der Waals surface area contributed by atoms with Gasteiger partial charge in [0.2, 0.25) is 0 Å². The molecule has 0 radical (unpaired) electrons. The highest BCUT2D eigenvalue weighted by Gasteiger charge is 2.28. The molecule has 1 aliphatic rings. The van der Waals surface area contributed by atoms with Crippen LogP contribution < -0.4 is 11.1 Å². The first kappa shape index (κ1) is 12.3. The highest BCUT2D eigenvalue weighted by atomic mass is 16.6. The number of carbonyl (C=O) groups excluding carboxylic acids is 1. The lowest BCUT2D eigenvalue weighted by Gasteiger charge is -2.39. The van der Waals surface area contributed by atoms with Gasteiger partial charge in [0.1, 0.15) is 5.60 Å². The lowest BCUT2D eigenvalue weighted by Crippen LogP contribution is -2.60. The Morgan fingerprint density at radius 3 is 2.60 bits per heavy atom. The van der Waals surface area contributed by atoms with Crippen LogP contribution in [0.5, 0.6) is 0 Å². The molecule has 0 unspecified atom stereocenters. The van der Waals surface area contributed by atoms with Crippen LogP contribution in [-0.2, 0) is 4.74 Å². The van der Waals surface area contributed by atoms with E-state index >= 15 is 0 Å². The Labute approximate surface area is 90.9 Å². The Kier molecular flexibility index (Phi) is 3.93. The standard InChI is InChI=1S/C10H21N3O2/c1-10(2,3)15-9(14)12-8-6-13(7-8)5-4-11/h8H,4-7,11H2,1-3H3,(H,12,14). The summed E-state index contributed by atoms with van der Waals surface area (Å²) < 4.78 is 5.15. The Balaban J connectivity index is 2.14. The minimum absolute atomic E-state index is 0.214. The van der Waals surface area contributed by atoms with Crippen molar-refractivity contribution in [3.8, 4) is 0 Å². The SMILES string of the molecule is CC(C)(C)OC(=O)NC1CN(CCN)C1. The lowest BCUT2D eigenvalue weighted by molar-refractivity contribution is 0.0406. The summed E-state index contributed by atoms with van der Waals surface area (Å²) in [5.41, 5.74) is 4.99. The van der Waals surface area contributed by atoms with Crippen molar-refractivity contribution >= 4 is 6.09 Å². The summed E-state index contributed by atoms with van der Waals surface area (Å²) in [4.78, 5) is 13.5. The predicted octanol–water partition coefficient (Wildman–Crippen LogP) is 0.154. The van der Waals surface area contributed by atoms with E-state index in [0.717, 1.165) is 19.6 Å². The summed E-state index contributed by atoms with van der Waals surface area (Å²) in [7, 11) is 0. The van der Waals surface area contributed by atoms with Crippen LogP contribution in [0.15, 0.2) is 0 Å². The van der Waals surface area contributed by atoms with Gasteiger partial charge in [0.15, 0.2) is 0 Å². The van der Waals surface area contributed by atoms with Gasteiger partial charge in [-0.3, -0.25) is 4.90 Å². The van der Waals surface area contributed by atoms with Gasteiger partial charge >= 0.3 is 6.09 Å². The number of alkyl carbamates (subject to hydrolysis) is 1. The van der Waals surface area contributed by atoms with E-state index in [1.807, 2.05) is 20.8 Å². The summed E-state index contributed by atoms with van der Waals surface area (Å²) in [6.07, 6.45) is -0.333. The maximum Gasteiger partial charge on any atom is 0.407 e. The maximum atomic E-state index is 11.3. The van der Waals surface area contributed by atoms with Gasteiger partial charge < -0.3 is 15.8 Å². The van der Waals surface area contributed by atoms with Gasteiger partial charge in [0, 0.05) is 26.2 Å². The number of carbonyl (C=O) groups is 1. The number of amides is 1. The summed E-state index contributed by atoms with van der Waals surface area (Å²) >= 11 is 0. The van der Waals surface area contributed by atoms with Gasteiger partial charge in [-0.05, 0) is 20.8 Å². The minimum Gasteiger partial charge on any atom is -0.444 e. The van der Waals surface area contributed by atoms with Crippen molar-refractivity contribution in [1.29, 1.82) is 0 Å². The second kappa shape index (κ2) is 4.81. The first-order valence-electron chi connectivity index (χ1n) is 5.32. The Morgan fingerprint density at radius 1 is 1.53 bits per heavy atom. The zero-order chi connectivity index (χ0) is 11.5. The Hall–Kier alpha value is -0.810. The molecule has 3 N–H and O–H groups in total. The quantitative estimate of drug-likeness (QED) is 0.703. The number of nitrogens with zero attached hydrogens (tertiary/aromatic N) is 1. The second-order valence-corrected chi connectivity index (χ2v) is 4.89. The number of ether oxygens (including phenoxy) is 1. The first-order valence-corrected chi connectivity index (χ1v) is 5.32. The smallest absolute Gasteiger partial charge is 0.407 e. The number of rotatable bonds is 3. The van der Waals surface area contributed by atoms with Crippen molar-refractivity contribution in [2.24, 2.45) is 5.73 Å². The van der Waals surface area contributed by atoms with E-state index in [-0.39, 0.29) is 12.1 Å². The van der Waals surface area contributed by atoms with Crippen LogP contribution in [-0.4, -0.2) is 48.8 Å². The molecule has 0 bridgehead atoms. The number of hydrogen-bond donors (Lipinski definition) is 2. The van der Waals surface area contributed by atoms with Crippen molar-refractivity contribution in [2.45, 2.75) is 32.4 Å². The van der Waals surface area contributed by atoms with Crippen LogP contribution >= 0.6 is 0 Å². The fraction of sp³-hybridized carbons (Fsp3) is 0.900. The van der Waals surface area contributed by atoms with E-state index in [1.165, 1.54) is 0 Å². The van der Waals surface area contributed by atoms with Crippen LogP contribution in [0.3, 0.4) is 0 Å². The van der Waals surface area contributed by atoms with Gasteiger partial charge in [-0.15, -0.1) is 0 Å². The Morgan fingerprint density at radius 2 is 2.13 bits per heavy atom. The molecule has 0 aromatic heterocycles. The van der Waals surface area contributed by atoms with Crippen molar-refractivity contribution in [3.63, 3.8) is 0 Å². The number of likely N-dealkylation sites (tertiary alicyclic amines) is 1. The van der Waals surface area contributed by atoms with E-state index in [4.69, 9.17) is 10.5 Å². The predicted molar refractivity (Wildman–Crippen MR) is 58.7 cm³/mol. The highest BCUT2D eigenvalue weighted by Crippen LogP contribution is 2.10. The molecule has 0 aromatic rings. The molecule has 1 rings (SSSR count). The zero-order valence-electron chi connectivity index (χ0n) is 9.75. The lowest BCUT2D eigenvalue weighted by atomic mass is 10.1. The monoisotopic (exact) mass is 215 g/mol. The molecule has 0 saturated carbocycles. The molecule has 0 spiro atoms. The van der Waals surface area contributed by atoms with E-state index < -0.39 is 5.60 Å². The van der Waals surface area contributed by atoms with Crippen molar-refractivity contribution in [1.82, 2.24) is 10.2 Å². The topological polar surface area (TPSA) is 67.6 Å². The first-order chi connectivity index (χ1) is 6.90. The molecule has 88 valence electrons. The van der Waals surface area contributed by atoms with Crippen molar-refractivity contribution in [3.05, 3.63) is 0 Å². The average molecular weight is 215 g/mol. The molecule has 0 atom stereocenters. The van der Waals surface area contributed by atoms with E-state index in [1.54, 1.807) is 0 Å². The zero-order valence-corrected chi connectivity index (χ0v) is 9.75. The van der Waals surface area contributed by atoms with Gasteiger partial charge in [-0.25, -0.2) is 4.79 Å². The van der Waals surface area contributed by atoms with Crippen LogP contribution in [0.25, 0.3) is 0 Å². The molecule has 0 aromatic carbocycles. The third-order valence-corrected chi connectivity index (χ3v) is 2.12. The fourth-order valence-corrected chi connectivity index (χ4v) is 1.50. The van der Waals surface area contributed by atoms with Gasteiger partial charge in [-0.2, -0.15) is 0 Å². The van der Waals surface area contributed by atoms with E-state index in [2.05, 4.69) is 10.2 Å². The molecule has 1 saturated heterocycles. The third kappa shape index (κ3) is 4.48. The molecule has 1 aliphatic heterocycles. The van der Waals surface area contributed by atoms with Gasteiger partial charge in [0.05, 0.1) is 6.04 Å². The molecule has 5 heteroatoms. The molecule has 1 fully saturated rings. The molecule has 15 heavy (non-hydrogen) atoms. The summed E-state index contributed by atoms with van der Waals surface area (Å²) in [5.74, 6) is 0. The minimum atomic E-state index is -0.426. The molecule has 1 heterocycles. The van der Waals surface area contributed by atoms with Crippen LogP contribution in [0.2, 0.25) is 0 Å². The normalized spacial score (nSPS) is 18.4. The molecular weight excluding hydrogens is 194 g/mol. The van der Waals surface area contributed by atoms with Gasteiger partial charge in [-0.1, -0.05) is 0 Å². The second-order valence-electron chi connectivity index (χ2n) is 4.89. The molecule has 5 nitrogen and oxygen atoms in total. The molecular formula is C10H21N3O2. The maximum absolute atomic E-state index is 11.3. The summed E-state index contributed by atoms with van der Waals surface area (Å²) in [5, 5.41) is 2.82. The van der Waals surface area contributed by atoms with Crippen LogP contribution in [0, 0.1) is 0 Å². The van der Waals surface area contributed by atoms with Crippen molar-refractivity contribution < 1.29 is 9.53 Å². The van der Waals surface area contributed by atoms with Crippen LogP contribution in [0.4, 0.5) is 4.79 Å². The third-order valence-electron chi connectivity index (χ3n) is 2.12. The number of hydrogen-bond acceptors (Lipinski definition) is 4. The summed E-state index contributed by atoms with van der Waals surface area (Å²) in [6.45, 7) is 8.87. The molecule has 0 aliphatic carbocycles. The fourth-order valence-electron chi connectivity index (χ4n) is 1.50. The number of nitrogens with one attached hydrogen (secondary N) is 1. The van der Waals surface area contributed by atoms with E-state index in [9.17, 15) is 4.79 Å². The summed E-state index contributed by atoms with van der Waals surface area (Å²) in [6, 6.07) is 0.214. The number of nitrogens with two attached hydrogens (primary N) is 1. The van der Waals surface area contributed by atoms with Gasteiger partial charge in [0.25, 0.3) is 0 Å². The average Bonchev–Trinajstić information content (AvgIpc) is 1.97. The van der Waals surface area contributed by atoms with Crippen LogP contribution in [0.1, 0.15) is 20.8 Å². The largest absolute Gasteiger partial charge is 0.444 e. The molecule has 1 amide bonds. The van der Waals surface area contributed by atoms with Crippen molar-refractivity contribution in [2.75, 3.05) is 26.2 Å².